The van der Waals surface area contributed by atoms with E-state index >= 15 is 0 Å². The number of hydrogen-bond acceptors (Lipinski definition) is 1. The van der Waals surface area contributed by atoms with Gasteiger partial charge in [0.25, 0.3) is 0 Å². The van der Waals surface area contributed by atoms with Crippen LogP contribution >= 0.6 is 0 Å². The van der Waals surface area contributed by atoms with Gasteiger partial charge < -0.3 is 4.90 Å². The summed E-state index contributed by atoms with van der Waals surface area (Å²) in [5.74, 6) is 0. The molecule has 0 aliphatic rings. The zero-order valence-corrected chi connectivity index (χ0v) is 14.0. The third-order valence-electron chi connectivity index (χ3n) is 4.09. The van der Waals surface area contributed by atoms with E-state index in [1.165, 1.54) is 38.5 Å². The van der Waals surface area contributed by atoms with Crippen molar-refractivity contribution in [3.05, 3.63) is 0 Å². The predicted molar refractivity (Wildman–Crippen MR) is 84.0 cm³/mol. The molecule has 1 radical (unpaired) electrons. The van der Waals surface area contributed by atoms with Crippen molar-refractivity contribution in [2.24, 2.45) is 0 Å². The molecule has 0 unspecified atom stereocenters. The molecule has 113 valence electrons. The molecule has 2 nitrogen and oxygen atoms in total. The van der Waals surface area contributed by atoms with Gasteiger partial charge in [-0.05, 0) is 40.5 Å². The fourth-order valence-electron chi connectivity index (χ4n) is 2.91. The molecule has 0 aromatic rings. The highest BCUT2D eigenvalue weighted by atomic mass is 16.1. The Kier molecular flexibility index (Phi) is 8.36. The van der Waals surface area contributed by atoms with E-state index in [4.69, 9.17) is 0 Å². The number of carbonyl (C=O) groups excluding carboxylic acids is 1. The van der Waals surface area contributed by atoms with E-state index in [-0.39, 0.29) is 11.1 Å². The number of rotatable bonds is 11. The Bertz CT molecular complexity index is 224. The van der Waals surface area contributed by atoms with Crippen LogP contribution in [0, 0.1) is 0 Å². The highest BCUT2D eigenvalue weighted by molar-refractivity contribution is 5.51. The molecule has 0 heterocycles. The Morgan fingerprint density at radius 2 is 1.16 bits per heavy atom. The number of hydrogen-bond donors (Lipinski definition) is 0. The number of nitrogens with zero attached hydrogens (tertiary/aromatic N) is 1. The molecule has 1 amide bonds. The van der Waals surface area contributed by atoms with E-state index in [0.717, 1.165) is 12.8 Å². The Labute approximate surface area is 120 Å². The first-order valence-corrected chi connectivity index (χ1v) is 8.00. The van der Waals surface area contributed by atoms with Crippen LogP contribution in [-0.2, 0) is 4.79 Å². The van der Waals surface area contributed by atoms with Gasteiger partial charge in [-0.2, -0.15) is 0 Å². The van der Waals surface area contributed by atoms with Crippen LogP contribution in [-0.4, -0.2) is 22.4 Å². The van der Waals surface area contributed by atoms with Crippen LogP contribution in [0.25, 0.3) is 0 Å². The summed E-state index contributed by atoms with van der Waals surface area (Å²) in [5, 5.41) is 0. The summed E-state index contributed by atoms with van der Waals surface area (Å²) in [6.45, 7) is 13.1. The zero-order valence-electron chi connectivity index (χ0n) is 14.0. The van der Waals surface area contributed by atoms with Gasteiger partial charge in [0, 0.05) is 11.1 Å². The molecule has 0 atom stereocenters. The van der Waals surface area contributed by atoms with E-state index in [1.807, 2.05) is 4.90 Å². The molecule has 0 spiro atoms. The molecule has 0 aromatic heterocycles. The minimum absolute atomic E-state index is 0.0906. The average molecular weight is 268 g/mol. The van der Waals surface area contributed by atoms with Gasteiger partial charge in [-0.3, -0.25) is 4.79 Å². The van der Waals surface area contributed by atoms with Crippen LogP contribution in [0.3, 0.4) is 0 Å². The molecule has 0 aromatic carbocycles. The topological polar surface area (TPSA) is 20.3 Å². The SMILES string of the molecule is CCCCCC(C)(C)N([C]=O)C(C)(C)CCCCC. The molecule has 0 aliphatic carbocycles. The predicted octanol–water partition coefficient (Wildman–Crippen LogP) is 5.07. The van der Waals surface area contributed by atoms with Crippen LogP contribution < -0.4 is 0 Å². The lowest BCUT2D eigenvalue weighted by Gasteiger charge is -2.46. The summed E-state index contributed by atoms with van der Waals surface area (Å²) in [4.78, 5) is 13.4. The fraction of sp³-hybridized carbons (Fsp3) is 0.941. The van der Waals surface area contributed by atoms with Crippen LogP contribution in [0.2, 0.25) is 0 Å². The van der Waals surface area contributed by atoms with Crippen molar-refractivity contribution in [3.8, 4) is 0 Å². The first kappa shape index (κ1) is 18.5. The third kappa shape index (κ3) is 6.44. The largest absolute Gasteiger partial charge is 0.324 e. The van der Waals surface area contributed by atoms with Crippen molar-refractivity contribution in [1.29, 1.82) is 0 Å². The maximum Gasteiger partial charge on any atom is 0.313 e. The average Bonchev–Trinajstić information content (AvgIpc) is 2.29. The first-order chi connectivity index (χ1) is 8.81. The van der Waals surface area contributed by atoms with Crippen molar-refractivity contribution in [1.82, 2.24) is 4.90 Å². The standard InChI is InChI=1S/C17H34NO/c1-7-9-11-13-16(3,4)18(15-19)17(5,6)14-12-10-8-2/h7-14H2,1-6H3. The molecular formula is C17H34NO. The second-order valence-electron chi connectivity index (χ2n) is 6.97. The van der Waals surface area contributed by atoms with Crippen LogP contribution in [0.4, 0.5) is 0 Å². The minimum Gasteiger partial charge on any atom is -0.324 e. The lowest BCUT2D eigenvalue weighted by Crippen LogP contribution is -2.54. The summed E-state index contributed by atoms with van der Waals surface area (Å²) < 4.78 is 0. The molecule has 0 aliphatic heterocycles. The summed E-state index contributed by atoms with van der Waals surface area (Å²) in [5.41, 5.74) is -0.181. The van der Waals surface area contributed by atoms with Gasteiger partial charge in [-0.15, -0.1) is 0 Å². The Morgan fingerprint density at radius 3 is 1.42 bits per heavy atom. The van der Waals surface area contributed by atoms with E-state index in [2.05, 4.69) is 48.0 Å². The lowest BCUT2D eigenvalue weighted by atomic mass is 9.86. The maximum atomic E-state index is 11.5. The van der Waals surface area contributed by atoms with Gasteiger partial charge >= 0.3 is 6.41 Å². The Balaban J connectivity index is 4.61. The van der Waals surface area contributed by atoms with Gasteiger partial charge in [0.15, 0.2) is 0 Å². The van der Waals surface area contributed by atoms with Crippen LogP contribution in [0.1, 0.15) is 92.9 Å². The van der Waals surface area contributed by atoms with Crippen molar-refractivity contribution in [3.63, 3.8) is 0 Å². The van der Waals surface area contributed by atoms with Crippen molar-refractivity contribution in [2.45, 2.75) is 104 Å². The molecule has 19 heavy (non-hydrogen) atoms. The van der Waals surface area contributed by atoms with Crippen molar-refractivity contribution >= 4 is 6.41 Å². The summed E-state index contributed by atoms with van der Waals surface area (Å²) in [6, 6.07) is 0. The summed E-state index contributed by atoms with van der Waals surface area (Å²) in [6.07, 6.45) is 11.7. The van der Waals surface area contributed by atoms with Gasteiger partial charge in [-0.25, -0.2) is 0 Å². The fourth-order valence-corrected chi connectivity index (χ4v) is 2.91. The normalized spacial score (nSPS) is 12.5. The molecule has 0 saturated carbocycles. The van der Waals surface area contributed by atoms with Gasteiger partial charge in [0.1, 0.15) is 0 Å². The number of amides is 1. The molecule has 0 fully saturated rings. The quantitative estimate of drug-likeness (QED) is 0.378. The summed E-state index contributed by atoms with van der Waals surface area (Å²) in [7, 11) is 0. The monoisotopic (exact) mass is 268 g/mol. The van der Waals surface area contributed by atoms with E-state index in [9.17, 15) is 4.79 Å². The smallest absolute Gasteiger partial charge is 0.313 e. The molecule has 0 bridgehead atoms. The van der Waals surface area contributed by atoms with Gasteiger partial charge in [0.05, 0.1) is 0 Å². The van der Waals surface area contributed by atoms with E-state index < -0.39 is 0 Å². The zero-order chi connectivity index (χ0) is 14.9. The van der Waals surface area contributed by atoms with E-state index in [0.29, 0.717) is 0 Å². The third-order valence-corrected chi connectivity index (χ3v) is 4.09. The molecule has 0 N–H and O–H groups in total. The first-order valence-electron chi connectivity index (χ1n) is 8.00. The van der Waals surface area contributed by atoms with Crippen LogP contribution in [0.5, 0.6) is 0 Å². The molecular weight excluding hydrogens is 234 g/mol. The van der Waals surface area contributed by atoms with E-state index in [1.54, 1.807) is 0 Å². The highest BCUT2D eigenvalue weighted by Crippen LogP contribution is 2.31. The second-order valence-corrected chi connectivity index (χ2v) is 6.97. The second kappa shape index (κ2) is 8.60. The van der Waals surface area contributed by atoms with Crippen molar-refractivity contribution in [2.75, 3.05) is 0 Å². The molecule has 0 saturated heterocycles. The van der Waals surface area contributed by atoms with Crippen LogP contribution in [0.15, 0.2) is 0 Å². The highest BCUT2D eigenvalue weighted by Gasteiger charge is 2.36. The minimum atomic E-state index is -0.0906. The molecule has 2 heteroatoms. The number of unbranched alkanes of at least 4 members (excludes halogenated alkanes) is 4. The summed E-state index contributed by atoms with van der Waals surface area (Å²) >= 11 is 0. The Morgan fingerprint density at radius 1 is 0.789 bits per heavy atom. The maximum absolute atomic E-state index is 11.5. The lowest BCUT2D eigenvalue weighted by molar-refractivity contribution is 0.0740. The van der Waals surface area contributed by atoms with Crippen molar-refractivity contribution < 1.29 is 4.79 Å². The Hall–Kier alpha value is -0.530. The molecule has 0 rings (SSSR count). The van der Waals surface area contributed by atoms with Gasteiger partial charge in [0.2, 0.25) is 0 Å². The van der Waals surface area contributed by atoms with Gasteiger partial charge in [-0.1, -0.05) is 52.4 Å².